The van der Waals surface area contributed by atoms with E-state index in [0.29, 0.717) is 17.9 Å². The smallest absolute Gasteiger partial charge is 0.311 e. The van der Waals surface area contributed by atoms with E-state index >= 15 is 0 Å². The van der Waals surface area contributed by atoms with Gasteiger partial charge in [-0.15, -0.1) is 0 Å². The van der Waals surface area contributed by atoms with Gasteiger partial charge in [-0.3, -0.25) is 9.59 Å². The lowest BCUT2D eigenvalue weighted by molar-refractivity contribution is -0.141. The molecule has 0 aromatic heterocycles. The first-order chi connectivity index (χ1) is 9.41. The number of rotatable bonds is 4. The number of ether oxygens (including phenoxy) is 1. The average molecular weight is 343 g/mol. The number of carbonyl (C=O) groups is 2. The van der Waals surface area contributed by atoms with Crippen molar-refractivity contribution >= 4 is 33.5 Å². The molecular formula is C13H15BrN2O4. The molecule has 3 N–H and O–H groups in total. The van der Waals surface area contributed by atoms with E-state index in [1.165, 1.54) is 0 Å². The highest BCUT2D eigenvalue weighted by atomic mass is 79.9. The number of nitrogens with zero attached hydrogens (tertiary/aromatic N) is 1. The maximum Gasteiger partial charge on any atom is 0.311 e. The standard InChI is InChI=1S/C13H15BrN2O4/c1-16(11-6-20-5-9(11)13(18)19)10-4-7(14)2-3-8(10)12(15)17/h2-4,9,11H,5-6H2,1H3,(H2,15,17)(H,18,19). The molecule has 1 aromatic rings. The Morgan fingerprint density at radius 3 is 2.75 bits per heavy atom. The summed E-state index contributed by atoms with van der Waals surface area (Å²) >= 11 is 3.34. The summed E-state index contributed by atoms with van der Waals surface area (Å²) in [7, 11) is 1.74. The molecule has 1 aliphatic heterocycles. The molecule has 6 nitrogen and oxygen atoms in total. The molecule has 7 heteroatoms. The minimum atomic E-state index is -0.907. The molecule has 1 heterocycles. The Morgan fingerprint density at radius 2 is 2.15 bits per heavy atom. The molecule has 0 radical (unpaired) electrons. The van der Waals surface area contributed by atoms with Gasteiger partial charge in [0, 0.05) is 11.5 Å². The van der Waals surface area contributed by atoms with E-state index < -0.39 is 17.8 Å². The first-order valence-corrected chi connectivity index (χ1v) is 6.84. The Hall–Kier alpha value is -1.60. The monoisotopic (exact) mass is 342 g/mol. The molecule has 1 amide bonds. The lowest BCUT2D eigenvalue weighted by Gasteiger charge is -2.29. The SMILES string of the molecule is CN(c1cc(Br)ccc1C(N)=O)C1COCC1C(=O)O. The van der Waals surface area contributed by atoms with Gasteiger partial charge in [-0.05, 0) is 18.2 Å². The number of aliphatic carboxylic acids is 1. The van der Waals surface area contributed by atoms with Gasteiger partial charge in [-0.1, -0.05) is 15.9 Å². The second kappa shape index (κ2) is 5.80. The molecule has 2 unspecified atom stereocenters. The minimum absolute atomic E-state index is 0.171. The molecule has 1 fully saturated rings. The topological polar surface area (TPSA) is 92.9 Å². The number of amides is 1. The zero-order valence-corrected chi connectivity index (χ0v) is 12.5. The third-order valence-electron chi connectivity index (χ3n) is 3.47. The van der Waals surface area contributed by atoms with Gasteiger partial charge in [0.1, 0.15) is 5.92 Å². The van der Waals surface area contributed by atoms with Crippen molar-refractivity contribution in [2.24, 2.45) is 11.7 Å². The molecule has 1 aromatic carbocycles. The molecule has 0 saturated carbocycles. The highest BCUT2D eigenvalue weighted by Gasteiger charge is 2.37. The quantitative estimate of drug-likeness (QED) is 0.854. The Kier molecular flexibility index (Phi) is 4.29. The number of carbonyl (C=O) groups excluding carboxylic acids is 1. The van der Waals surface area contributed by atoms with Gasteiger partial charge >= 0.3 is 5.97 Å². The zero-order valence-electron chi connectivity index (χ0n) is 10.9. The van der Waals surface area contributed by atoms with Gasteiger partial charge in [-0.2, -0.15) is 0 Å². The number of benzene rings is 1. The van der Waals surface area contributed by atoms with Crippen LogP contribution in [0, 0.1) is 5.92 Å². The van der Waals surface area contributed by atoms with E-state index in [2.05, 4.69) is 15.9 Å². The van der Waals surface area contributed by atoms with Crippen LogP contribution in [-0.2, 0) is 9.53 Å². The molecule has 0 aliphatic carbocycles. The lowest BCUT2D eigenvalue weighted by atomic mass is 10.0. The summed E-state index contributed by atoms with van der Waals surface area (Å²) in [4.78, 5) is 24.5. The van der Waals surface area contributed by atoms with Crippen LogP contribution in [0.4, 0.5) is 5.69 Å². The maximum absolute atomic E-state index is 11.5. The van der Waals surface area contributed by atoms with Crippen molar-refractivity contribution in [3.8, 4) is 0 Å². The first-order valence-electron chi connectivity index (χ1n) is 6.04. The predicted octanol–water partition coefficient (Wildman–Crippen LogP) is 1.08. The van der Waals surface area contributed by atoms with Crippen LogP contribution in [-0.4, -0.2) is 43.3 Å². The van der Waals surface area contributed by atoms with Crippen molar-refractivity contribution < 1.29 is 19.4 Å². The number of halogens is 1. The van der Waals surface area contributed by atoms with E-state index in [-0.39, 0.29) is 12.6 Å². The highest BCUT2D eigenvalue weighted by molar-refractivity contribution is 9.10. The largest absolute Gasteiger partial charge is 0.481 e. The van der Waals surface area contributed by atoms with E-state index in [1.807, 2.05) is 0 Å². The number of hydrogen-bond donors (Lipinski definition) is 2. The van der Waals surface area contributed by atoms with Crippen LogP contribution in [0.1, 0.15) is 10.4 Å². The summed E-state index contributed by atoms with van der Waals surface area (Å²) in [5.74, 6) is -2.08. The van der Waals surface area contributed by atoms with Crippen molar-refractivity contribution in [1.29, 1.82) is 0 Å². The fraction of sp³-hybridized carbons (Fsp3) is 0.385. The number of likely N-dealkylation sites (N-methyl/N-ethyl adjacent to an activating group) is 1. The zero-order chi connectivity index (χ0) is 14.9. The van der Waals surface area contributed by atoms with Crippen molar-refractivity contribution in [1.82, 2.24) is 0 Å². The molecule has 2 rings (SSSR count). The number of anilines is 1. The first kappa shape index (κ1) is 14.8. The van der Waals surface area contributed by atoms with Crippen LogP contribution in [0.5, 0.6) is 0 Å². The summed E-state index contributed by atoms with van der Waals surface area (Å²) in [5.41, 5.74) is 6.31. The van der Waals surface area contributed by atoms with E-state index in [9.17, 15) is 14.7 Å². The van der Waals surface area contributed by atoms with Gasteiger partial charge in [-0.25, -0.2) is 0 Å². The minimum Gasteiger partial charge on any atom is -0.481 e. The van der Waals surface area contributed by atoms with Crippen LogP contribution < -0.4 is 10.6 Å². The summed E-state index contributed by atoms with van der Waals surface area (Å²) in [5, 5.41) is 9.20. The van der Waals surface area contributed by atoms with E-state index in [4.69, 9.17) is 10.5 Å². The Bertz CT molecular complexity index is 549. The van der Waals surface area contributed by atoms with Crippen molar-refractivity contribution in [2.45, 2.75) is 6.04 Å². The molecular weight excluding hydrogens is 328 g/mol. The Labute approximate surface area is 124 Å². The molecule has 20 heavy (non-hydrogen) atoms. The van der Waals surface area contributed by atoms with Crippen molar-refractivity contribution in [2.75, 3.05) is 25.2 Å². The van der Waals surface area contributed by atoms with Crippen LogP contribution in [0.15, 0.2) is 22.7 Å². The van der Waals surface area contributed by atoms with Gasteiger partial charge < -0.3 is 20.5 Å². The van der Waals surface area contributed by atoms with Crippen LogP contribution in [0.3, 0.4) is 0 Å². The maximum atomic E-state index is 11.5. The summed E-state index contributed by atoms with van der Waals surface area (Å²) in [6.45, 7) is 0.475. The third-order valence-corrected chi connectivity index (χ3v) is 3.96. The normalized spacial score (nSPS) is 21.7. The van der Waals surface area contributed by atoms with Gasteiger partial charge in [0.25, 0.3) is 5.91 Å². The Balaban J connectivity index is 2.37. The molecule has 1 saturated heterocycles. The number of primary amides is 1. The fourth-order valence-corrected chi connectivity index (χ4v) is 2.69. The molecule has 1 aliphatic rings. The molecule has 108 valence electrons. The van der Waals surface area contributed by atoms with Gasteiger partial charge in [0.2, 0.25) is 0 Å². The second-order valence-corrected chi connectivity index (χ2v) is 5.60. The lowest BCUT2D eigenvalue weighted by Crippen LogP contribution is -2.41. The van der Waals surface area contributed by atoms with Crippen molar-refractivity contribution in [3.63, 3.8) is 0 Å². The fourth-order valence-electron chi connectivity index (χ4n) is 2.34. The highest BCUT2D eigenvalue weighted by Crippen LogP contribution is 2.29. The predicted molar refractivity (Wildman–Crippen MR) is 76.8 cm³/mol. The average Bonchev–Trinajstić information content (AvgIpc) is 2.86. The van der Waals surface area contributed by atoms with E-state index in [0.717, 1.165) is 4.47 Å². The third kappa shape index (κ3) is 2.78. The summed E-state index contributed by atoms with van der Waals surface area (Å²) in [6.07, 6.45) is 0. The van der Waals surface area contributed by atoms with Crippen LogP contribution >= 0.6 is 15.9 Å². The number of hydrogen-bond acceptors (Lipinski definition) is 4. The van der Waals surface area contributed by atoms with Crippen molar-refractivity contribution in [3.05, 3.63) is 28.2 Å². The van der Waals surface area contributed by atoms with Crippen LogP contribution in [0.2, 0.25) is 0 Å². The number of nitrogens with two attached hydrogens (primary N) is 1. The second-order valence-electron chi connectivity index (χ2n) is 4.69. The van der Waals surface area contributed by atoms with Crippen LogP contribution in [0.25, 0.3) is 0 Å². The summed E-state index contributed by atoms with van der Waals surface area (Å²) < 4.78 is 6.04. The molecule has 0 spiro atoms. The van der Waals surface area contributed by atoms with Gasteiger partial charge in [0.05, 0.1) is 30.5 Å². The van der Waals surface area contributed by atoms with Gasteiger partial charge in [0.15, 0.2) is 0 Å². The number of carboxylic acid groups (broad SMARTS) is 1. The molecule has 2 atom stereocenters. The number of carboxylic acids is 1. The summed E-state index contributed by atoms with van der Waals surface area (Å²) in [6, 6.07) is 4.75. The van der Waals surface area contributed by atoms with E-state index in [1.54, 1.807) is 30.1 Å². The molecule has 0 bridgehead atoms. The Morgan fingerprint density at radius 1 is 1.45 bits per heavy atom.